The van der Waals surface area contributed by atoms with E-state index in [4.69, 9.17) is 56.3 Å². The number of esters is 1. The van der Waals surface area contributed by atoms with Crippen LogP contribution in [0.1, 0.15) is 85.4 Å². The zero-order chi connectivity index (χ0) is 28.1. The number of methoxy groups -OCH3 is 1. The second-order valence-corrected chi connectivity index (χ2v) is 13.3. The number of rotatable bonds is 8. The van der Waals surface area contributed by atoms with E-state index in [1.54, 1.807) is 18.2 Å². The van der Waals surface area contributed by atoms with Gasteiger partial charge in [-0.15, -0.1) is 0 Å². The molecule has 1 aromatic heterocycles. The second-order valence-electron chi connectivity index (χ2n) is 11.7. The predicted molar refractivity (Wildman–Crippen MR) is 164 cm³/mol. The van der Waals surface area contributed by atoms with Gasteiger partial charge in [-0.05, 0) is 100.0 Å². The summed E-state index contributed by atoms with van der Waals surface area (Å²) >= 11 is 25.6. The molecule has 0 unspecified atom stereocenters. The van der Waals surface area contributed by atoms with Crippen molar-refractivity contribution in [1.29, 1.82) is 0 Å². The summed E-state index contributed by atoms with van der Waals surface area (Å²) in [5.74, 6) is 1.06. The number of carbonyl (C=O) groups excluding carboxylic acids is 1. The Labute approximate surface area is 254 Å². The molecule has 4 aliphatic rings. The number of nitrogens with zero attached hydrogens (tertiary/aromatic N) is 1. The summed E-state index contributed by atoms with van der Waals surface area (Å²) in [6.07, 6.45) is 10.8. The van der Waals surface area contributed by atoms with Gasteiger partial charge in [-0.25, -0.2) is 4.79 Å². The van der Waals surface area contributed by atoms with Crippen molar-refractivity contribution in [2.24, 2.45) is 10.8 Å². The molecule has 9 heteroatoms. The van der Waals surface area contributed by atoms with E-state index < -0.39 is 5.97 Å². The number of benzene rings is 2. The number of hydrogen-bond donors (Lipinski definition) is 1. The minimum absolute atomic E-state index is 0.0198. The Morgan fingerprint density at radius 3 is 2.33 bits per heavy atom. The standard InChI is InChI=1S/C31H31Cl3N2O3S/c1-38-28(37)19-7-8-24(23(34)17-19)35-29(40)31-14-11-30(12-15-31,13-16-31)10-9-20-26(36-39-27(20)18-5-6-18)25-21(32)3-2-4-22(25)33/h2-4,7-8,17-18H,5-6,9-16H2,1H3,(H,35,40). The molecule has 0 spiro atoms. The topological polar surface area (TPSA) is 64.4 Å². The quantitative estimate of drug-likeness (QED) is 0.201. The molecule has 2 aromatic carbocycles. The van der Waals surface area contributed by atoms with Gasteiger partial charge >= 0.3 is 5.97 Å². The SMILES string of the molecule is COC(=O)c1ccc(NC(=S)C23CCC(CCc4c(-c5c(Cl)cccc5Cl)noc4C4CC4)(CC2)CC3)c(Cl)c1. The van der Waals surface area contributed by atoms with Crippen molar-refractivity contribution >= 4 is 63.7 Å². The first-order valence-corrected chi connectivity index (χ1v) is 15.4. The summed E-state index contributed by atoms with van der Waals surface area (Å²) in [6.45, 7) is 0. The average molecular weight is 618 g/mol. The number of nitrogens with one attached hydrogen (secondary N) is 1. The number of thiocarbonyl (C=S) groups is 1. The van der Waals surface area contributed by atoms with Gasteiger partial charge in [0, 0.05) is 22.5 Å². The normalized spacial score (nSPS) is 23.7. The van der Waals surface area contributed by atoms with E-state index in [1.807, 2.05) is 18.2 Å². The van der Waals surface area contributed by atoms with Crippen LogP contribution < -0.4 is 5.32 Å². The zero-order valence-corrected chi connectivity index (χ0v) is 25.4. The first-order chi connectivity index (χ1) is 19.2. The molecule has 4 aliphatic carbocycles. The van der Waals surface area contributed by atoms with E-state index in [9.17, 15) is 4.79 Å². The summed E-state index contributed by atoms with van der Waals surface area (Å²) in [5, 5.41) is 9.56. The van der Waals surface area contributed by atoms with Crippen molar-refractivity contribution in [2.75, 3.05) is 12.4 Å². The van der Waals surface area contributed by atoms with Crippen LogP contribution in [0.3, 0.4) is 0 Å². The molecule has 210 valence electrons. The maximum atomic E-state index is 11.8. The van der Waals surface area contributed by atoms with Gasteiger partial charge < -0.3 is 14.6 Å². The highest BCUT2D eigenvalue weighted by molar-refractivity contribution is 7.80. The summed E-state index contributed by atoms with van der Waals surface area (Å²) in [5.41, 5.74) is 4.16. The third-order valence-corrected chi connectivity index (χ3v) is 10.9. The van der Waals surface area contributed by atoms with E-state index in [0.29, 0.717) is 26.5 Å². The molecule has 4 saturated carbocycles. The highest BCUT2D eigenvalue weighted by Crippen LogP contribution is 2.60. The van der Waals surface area contributed by atoms with Gasteiger partial charge in [0.1, 0.15) is 11.5 Å². The summed E-state index contributed by atoms with van der Waals surface area (Å²) in [4.78, 5) is 12.7. The smallest absolute Gasteiger partial charge is 0.337 e. The summed E-state index contributed by atoms with van der Waals surface area (Å²) in [6, 6.07) is 10.7. The summed E-state index contributed by atoms with van der Waals surface area (Å²) in [7, 11) is 1.36. The van der Waals surface area contributed by atoms with Crippen molar-refractivity contribution < 1.29 is 14.1 Å². The van der Waals surface area contributed by atoms with Crippen LogP contribution in [-0.2, 0) is 11.2 Å². The van der Waals surface area contributed by atoms with E-state index in [-0.39, 0.29) is 10.8 Å². The van der Waals surface area contributed by atoms with Gasteiger partial charge in [0.15, 0.2) is 0 Å². The summed E-state index contributed by atoms with van der Waals surface area (Å²) < 4.78 is 10.7. The van der Waals surface area contributed by atoms with E-state index in [0.717, 1.165) is 91.9 Å². The van der Waals surface area contributed by atoms with Crippen molar-refractivity contribution in [1.82, 2.24) is 5.16 Å². The Hall–Kier alpha value is -2.12. The maximum absolute atomic E-state index is 11.8. The third kappa shape index (κ3) is 5.17. The van der Waals surface area contributed by atoms with E-state index in [2.05, 4.69) is 10.5 Å². The third-order valence-electron chi connectivity index (χ3n) is 9.39. The molecular formula is C31H31Cl3N2O3S. The largest absolute Gasteiger partial charge is 0.465 e. The van der Waals surface area contributed by atoms with Gasteiger partial charge in [0.25, 0.3) is 0 Å². The van der Waals surface area contributed by atoms with Crippen molar-refractivity contribution in [3.05, 3.63) is 68.4 Å². The van der Waals surface area contributed by atoms with Crippen LogP contribution in [0.25, 0.3) is 11.3 Å². The highest BCUT2D eigenvalue weighted by Gasteiger charge is 2.50. The Morgan fingerprint density at radius 2 is 1.73 bits per heavy atom. The van der Waals surface area contributed by atoms with Crippen molar-refractivity contribution in [3.63, 3.8) is 0 Å². The molecule has 0 aliphatic heterocycles. The van der Waals surface area contributed by atoms with E-state index in [1.165, 1.54) is 12.7 Å². The monoisotopic (exact) mass is 616 g/mol. The number of hydrogen-bond acceptors (Lipinski definition) is 5. The second kappa shape index (κ2) is 10.9. The van der Waals surface area contributed by atoms with Crippen LogP contribution in [0.4, 0.5) is 5.69 Å². The molecular weight excluding hydrogens is 587 g/mol. The molecule has 1 heterocycles. The lowest BCUT2D eigenvalue weighted by Crippen LogP contribution is -2.47. The lowest BCUT2D eigenvalue weighted by Gasteiger charge is -2.54. The molecule has 0 saturated heterocycles. The lowest BCUT2D eigenvalue weighted by atomic mass is 9.52. The van der Waals surface area contributed by atoms with Crippen molar-refractivity contribution in [2.45, 2.75) is 70.1 Å². The molecule has 3 aromatic rings. The predicted octanol–water partition coefficient (Wildman–Crippen LogP) is 9.68. The molecule has 1 N–H and O–H groups in total. The number of carbonyl (C=O) groups is 1. The Balaban J connectivity index is 1.15. The van der Waals surface area contributed by atoms with Crippen LogP contribution in [0, 0.1) is 10.8 Å². The van der Waals surface area contributed by atoms with E-state index >= 15 is 0 Å². The number of anilines is 1. The molecule has 5 nitrogen and oxygen atoms in total. The Kier molecular flexibility index (Phi) is 7.66. The van der Waals surface area contributed by atoms with Gasteiger partial charge in [-0.2, -0.15) is 0 Å². The van der Waals surface area contributed by atoms with Gasteiger partial charge in [0.2, 0.25) is 0 Å². The van der Waals surface area contributed by atoms with Gasteiger partial charge in [-0.3, -0.25) is 0 Å². The first-order valence-electron chi connectivity index (χ1n) is 13.9. The Morgan fingerprint density at radius 1 is 1.05 bits per heavy atom. The number of aromatic nitrogens is 1. The minimum atomic E-state index is -0.414. The molecule has 7 rings (SSSR count). The van der Waals surface area contributed by atoms with Gasteiger partial charge in [-0.1, -0.05) is 58.2 Å². The van der Waals surface area contributed by atoms with Crippen LogP contribution in [0.15, 0.2) is 40.9 Å². The number of ether oxygens (including phenoxy) is 1. The molecule has 0 atom stereocenters. The zero-order valence-electron chi connectivity index (χ0n) is 22.3. The molecule has 4 fully saturated rings. The lowest BCUT2D eigenvalue weighted by molar-refractivity contribution is 0.0277. The minimum Gasteiger partial charge on any atom is -0.465 e. The average Bonchev–Trinajstić information content (AvgIpc) is 3.73. The van der Waals surface area contributed by atoms with Crippen LogP contribution in [-0.4, -0.2) is 23.2 Å². The van der Waals surface area contributed by atoms with Crippen LogP contribution in [0.2, 0.25) is 15.1 Å². The fraction of sp³-hybridized carbons (Fsp3) is 0.452. The first kappa shape index (κ1) is 28.0. The van der Waals surface area contributed by atoms with Crippen LogP contribution >= 0.6 is 47.0 Å². The molecule has 0 radical (unpaired) electrons. The molecule has 0 amide bonds. The highest BCUT2D eigenvalue weighted by atomic mass is 35.5. The Bertz CT molecular complexity index is 1440. The van der Waals surface area contributed by atoms with Crippen molar-refractivity contribution in [3.8, 4) is 11.3 Å². The number of fused-ring (bicyclic) bond motifs is 3. The fourth-order valence-corrected chi connectivity index (χ4v) is 7.86. The molecule has 2 bridgehead atoms. The number of halogens is 3. The maximum Gasteiger partial charge on any atom is 0.337 e. The van der Waals surface area contributed by atoms with Gasteiger partial charge in [0.05, 0.1) is 38.4 Å². The molecule has 40 heavy (non-hydrogen) atoms. The van der Waals surface area contributed by atoms with Crippen LogP contribution in [0.5, 0.6) is 0 Å². The fourth-order valence-electron chi connectivity index (χ4n) is 6.64.